The molecule has 4 aromatic carbocycles. The van der Waals surface area contributed by atoms with Crippen LogP contribution in [0.2, 0.25) is 0 Å². The number of phenols is 2. The maximum Gasteiger partial charge on any atom is 0.343 e. The summed E-state index contributed by atoms with van der Waals surface area (Å²) in [6.45, 7) is 7.82. The van der Waals surface area contributed by atoms with Gasteiger partial charge in [0.1, 0.15) is 23.0 Å². The van der Waals surface area contributed by atoms with Gasteiger partial charge in [0.05, 0.1) is 11.1 Å². The minimum Gasteiger partial charge on any atom is -0.508 e. The summed E-state index contributed by atoms with van der Waals surface area (Å²) in [6, 6.07) is 19.1. The summed E-state index contributed by atoms with van der Waals surface area (Å²) in [6.07, 6.45) is 0. The molecule has 0 unspecified atom stereocenters. The highest BCUT2D eigenvalue weighted by molar-refractivity contribution is 5.92. The number of benzene rings is 4. The van der Waals surface area contributed by atoms with Crippen molar-refractivity contribution < 1.29 is 29.3 Å². The van der Waals surface area contributed by atoms with Crippen LogP contribution in [-0.2, 0) is 0 Å². The van der Waals surface area contributed by atoms with Crippen LogP contribution in [0.3, 0.4) is 0 Å². The first-order valence-electron chi connectivity index (χ1n) is 11.4. The Morgan fingerprint density at radius 1 is 0.528 bits per heavy atom. The second kappa shape index (κ2) is 9.96. The number of esters is 2. The number of carbonyl (C=O) groups excluding carboxylic acids is 2. The number of ether oxygens (including phenoxy) is 2. The lowest BCUT2D eigenvalue weighted by Crippen LogP contribution is -2.09. The monoisotopic (exact) mass is 482 g/mol. The van der Waals surface area contributed by atoms with Crippen LogP contribution in [0.25, 0.3) is 11.1 Å². The number of hydrogen-bond donors (Lipinski definition) is 2. The molecule has 6 heteroatoms. The SMILES string of the molecule is Cc1cc(OC(=O)c2ccc(O)cc2)cc(C)c1-c1c(C)cc(OC(=O)c2ccc(O)cc2)cc1C. The zero-order chi connectivity index (χ0) is 26.0. The van der Waals surface area contributed by atoms with Crippen LogP contribution in [0.5, 0.6) is 23.0 Å². The van der Waals surface area contributed by atoms with E-state index in [1.54, 1.807) is 0 Å². The Bertz CT molecular complexity index is 1290. The van der Waals surface area contributed by atoms with Gasteiger partial charge in [0.15, 0.2) is 0 Å². The third-order valence-corrected chi connectivity index (χ3v) is 5.89. The van der Waals surface area contributed by atoms with E-state index >= 15 is 0 Å². The van der Waals surface area contributed by atoms with Gasteiger partial charge in [-0.05, 0) is 134 Å². The van der Waals surface area contributed by atoms with Gasteiger partial charge in [-0.1, -0.05) is 0 Å². The fraction of sp³-hybridized carbons (Fsp3) is 0.133. The fourth-order valence-electron chi connectivity index (χ4n) is 4.28. The Kier molecular flexibility index (Phi) is 6.79. The summed E-state index contributed by atoms with van der Waals surface area (Å²) in [5.41, 5.74) is 6.46. The lowest BCUT2D eigenvalue weighted by atomic mass is 9.89. The molecule has 0 aliphatic carbocycles. The van der Waals surface area contributed by atoms with Gasteiger partial charge in [-0.2, -0.15) is 0 Å². The molecule has 36 heavy (non-hydrogen) atoms. The first-order chi connectivity index (χ1) is 17.1. The summed E-state index contributed by atoms with van der Waals surface area (Å²) in [7, 11) is 0. The maximum atomic E-state index is 12.5. The standard InChI is InChI=1S/C30H26O6/c1-17-13-25(35-29(33)21-5-9-23(31)10-6-21)14-18(2)27(17)28-19(3)15-26(16-20(28)4)36-30(34)22-7-11-24(32)12-8-22/h5-16,31-32H,1-4H3. The lowest BCUT2D eigenvalue weighted by Gasteiger charge is -2.18. The van der Waals surface area contributed by atoms with Crippen molar-refractivity contribution in [2.24, 2.45) is 0 Å². The molecule has 0 saturated heterocycles. The van der Waals surface area contributed by atoms with E-state index in [9.17, 15) is 19.8 Å². The number of phenolic OH excluding ortho intramolecular Hbond substituents is 2. The van der Waals surface area contributed by atoms with Crippen molar-refractivity contribution in [3.63, 3.8) is 0 Å². The molecule has 4 rings (SSSR count). The van der Waals surface area contributed by atoms with E-state index in [4.69, 9.17) is 9.47 Å². The molecule has 0 aliphatic heterocycles. The number of hydrogen-bond acceptors (Lipinski definition) is 6. The second-order valence-corrected chi connectivity index (χ2v) is 8.74. The van der Waals surface area contributed by atoms with E-state index in [1.165, 1.54) is 48.5 Å². The third kappa shape index (κ3) is 5.23. The molecule has 0 spiro atoms. The number of carbonyl (C=O) groups is 2. The van der Waals surface area contributed by atoms with Crippen LogP contribution in [0, 0.1) is 27.7 Å². The summed E-state index contributed by atoms with van der Waals surface area (Å²) in [4.78, 5) is 25.0. The Hall–Kier alpha value is -4.58. The maximum absolute atomic E-state index is 12.5. The molecule has 0 saturated carbocycles. The molecule has 0 fully saturated rings. The van der Waals surface area contributed by atoms with Crippen LogP contribution in [0.1, 0.15) is 43.0 Å². The van der Waals surface area contributed by atoms with Crippen molar-refractivity contribution >= 4 is 11.9 Å². The van der Waals surface area contributed by atoms with Crippen LogP contribution in [0.15, 0.2) is 72.8 Å². The molecule has 0 amide bonds. The predicted octanol–water partition coefficient (Wildman–Crippen LogP) is 6.44. The summed E-state index contributed by atoms with van der Waals surface area (Å²) >= 11 is 0. The van der Waals surface area contributed by atoms with E-state index < -0.39 is 11.9 Å². The van der Waals surface area contributed by atoms with Gasteiger partial charge in [-0.3, -0.25) is 0 Å². The van der Waals surface area contributed by atoms with E-state index in [0.717, 1.165) is 33.4 Å². The van der Waals surface area contributed by atoms with Gasteiger partial charge in [0.25, 0.3) is 0 Å². The quantitative estimate of drug-likeness (QED) is 0.251. The van der Waals surface area contributed by atoms with Gasteiger partial charge in [0, 0.05) is 0 Å². The molecular weight excluding hydrogens is 456 g/mol. The van der Waals surface area contributed by atoms with E-state index in [-0.39, 0.29) is 11.5 Å². The highest BCUT2D eigenvalue weighted by atomic mass is 16.5. The molecule has 2 N–H and O–H groups in total. The van der Waals surface area contributed by atoms with Gasteiger partial charge >= 0.3 is 11.9 Å². The molecule has 0 aromatic heterocycles. The normalized spacial score (nSPS) is 10.7. The second-order valence-electron chi connectivity index (χ2n) is 8.74. The topological polar surface area (TPSA) is 93.1 Å². The first kappa shape index (κ1) is 24.5. The Balaban J connectivity index is 1.59. The van der Waals surface area contributed by atoms with Gasteiger partial charge in [-0.25, -0.2) is 9.59 Å². The van der Waals surface area contributed by atoms with Crippen molar-refractivity contribution in [2.75, 3.05) is 0 Å². The zero-order valence-electron chi connectivity index (χ0n) is 20.5. The van der Waals surface area contributed by atoms with Crippen molar-refractivity contribution in [3.8, 4) is 34.1 Å². The molecule has 0 atom stereocenters. The molecule has 0 radical (unpaired) electrons. The van der Waals surface area contributed by atoms with Gasteiger partial charge in [-0.15, -0.1) is 0 Å². The molecule has 4 aromatic rings. The number of aromatic hydroxyl groups is 2. The largest absolute Gasteiger partial charge is 0.508 e. The first-order valence-corrected chi connectivity index (χ1v) is 11.4. The van der Waals surface area contributed by atoms with E-state index in [0.29, 0.717) is 22.6 Å². The summed E-state index contributed by atoms with van der Waals surface area (Å²) in [5, 5.41) is 18.8. The van der Waals surface area contributed by atoms with Crippen molar-refractivity contribution in [2.45, 2.75) is 27.7 Å². The molecule has 182 valence electrons. The lowest BCUT2D eigenvalue weighted by molar-refractivity contribution is 0.0725. The fourth-order valence-corrected chi connectivity index (χ4v) is 4.28. The van der Waals surface area contributed by atoms with Gasteiger partial charge in [0.2, 0.25) is 0 Å². The molecular formula is C30H26O6. The zero-order valence-corrected chi connectivity index (χ0v) is 20.5. The minimum atomic E-state index is -0.506. The minimum absolute atomic E-state index is 0.0782. The van der Waals surface area contributed by atoms with Crippen molar-refractivity contribution in [3.05, 3.63) is 106 Å². The average Bonchev–Trinajstić information content (AvgIpc) is 2.81. The molecule has 0 aliphatic rings. The van der Waals surface area contributed by atoms with Crippen LogP contribution in [0.4, 0.5) is 0 Å². The average molecular weight is 483 g/mol. The predicted molar refractivity (Wildman–Crippen MR) is 137 cm³/mol. The smallest absolute Gasteiger partial charge is 0.343 e. The number of rotatable bonds is 5. The summed E-state index contributed by atoms with van der Waals surface area (Å²) in [5.74, 6) is 0.00881. The van der Waals surface area contributed by atoms with E-state index in [2.05, 4.69) is 0 Å². The summed E-state index contributed by atoms with van der Waals surface area (Å²) < 4.78 is 11.1. The van der Waals surface area contributed by atoms with Crippen molar-refractivity contribution in [1.82, 2.24) is 0 Å². The highest BCUT2D eigenvalue weighted by Crippen LogP contribution is 2.37. The molecule has 0 bridgehead atoms. The highest BCUT2D eigenvalue weighted by Gasteiger charge is 2.17. The Morgan fingerprint density at radius 3 is 1.08 bits per heavy atom. The van der Waals surface area contributed by atoms with Gasteiger partial charge < -0.3 is 19.7 Å². The van der Waals surface area contributed by atoms with Crippen molar-refractivity contribution in [1.29, 1.82) is 0 Å². The van der Waals surface area contributed by atoms with E-state index in [1.807, 2.05) is 52.0 Å². The van der Waals surface area contributed by atoms with Crippen LogP contribution < -0.4 is 9.47 Å². The van der Waals surface area contributed by atoms with Crippen LogP contribution in [-0.4, -0.2) is 22.2 Å². The Morgan fingerprint density at radius 2 is 0.806 bits per heavy atom. The Labute approximate surface area is 209 Å². The molecule has 0 heterocycles. The van der Waals surface area contributed by atoms with Crippen LogP contribution >= 0.6 is 0 Å². The number of aryl methyl sites for hydroxylation is 4. The molecule has 6 nitrogen and oxygen atoms in total. The third-order valence-electron chi connectivity index (χ3n) is 5.89.